The monoisotopic (exact) mass is 400 g/mol. The minimum atomic E-state index is -2.83. The molecule has 146 valence electrons. The van der Waals surface area contributed by atoms with E-state index in [1.807, 2.05) is 0 Å². The minimum absolute atomic E-state index is 0.231. The Balaban J connectivity index is 1.77. The number of fused-ring (bicyclic) bond motifs is 1. The first-order chi connectivity index (χ1) is 13.5. The fourth-order valence-corrected chi connectivity index (χ4v) is 5.65. The number of benzene rings is 1. The molecule has 0 spiro atoms. The predicted octanol–water partition coefficient (Wildman–Crippen LogP) is 4.12. The first-order valence-electron chi connectivity index (χ1n) is 9.35. The third kappa shape index (κ3) is 3.69. The number of carbonyl (C=O) groups excluding carboxylic acids is 1. The van der Waals surface area contributed by atoms with Crippen LogP contribution in [0.1, 0.15) is 32.6 Å². The summed E-state index contributed by atoms with van der Waals surface area (Å²) in [6, 6.07) is 6.62. The second-order valence-corrected chi connectivity index (χ2v) is 9.37. The van der Waals surface area contributed by atoms with Crippen molar-refractivity contribution in [2.75, 3.05) is 5.75 Å². The van der Waals surface area contributed by atoms with Gasteiger partial charge in [0.15, 0.2) is 0 Å². The molecular weight excluding hydrogens is 379 g/mol. The average Bonchev–Trinajstić information content (AvgIpc) is 3.08. The van der Waals surface area contributed by atoms with Gasteiger partial charge in [-0.25, -0.2) is 13.3 Å². The van der Waals surface area contributed by atoms with Crippen LogP contribution < -0.4 is 0 Å². The van der Waals surface area contributed by atoms with E-state index < -0.39 is 15.5 Å². The molecule has 0 N–H and O–H groups in total. The van der Waals surface area contributed by atoms with Crippen LogP contribution in [0.15, 0.2) is 52.1 Å². The smallest absolute Gasteiger partial charge is 0.253 e. The van der Waals surface area contributed by atoms with Crippen LogP contribution in [0.4, 0.5) is 4.39 Å². The molecule has 8 heteroatoms. The molecule has 1 aliphatic rings. The Morgan fingerprint density at radius 1 is 1.32 bits per heavy atom. The summed E-state index contributed by atoms with van der Waals surface area (Å²) in [6.45, 7) is 1.72. The van der Waals surface area contributed by atoms with Crippen molar-refractivity contribution in [1.29, 1.82) is 0 Å². The first-order valence-corrected chi connectivity index (χ1v) is 11.0. The lowest BCUT2D eigenvalue weighted by Gasteiger charge is -2.26. The second kappa shape index (κ2) is 7.43. The van der Waals surface area contributed by atoms with E-state index in [9.17, 15) is 13.4 Å². The number of pyridine rings is 1. The lowest BCUT2D eigenvalue weighted by Crippen LogP contribution is -2.23. The van der Waals surface area contributed by atoms with E-state index in [0.29, 0.717) is 27.8 Å². The molecule has 1 saturated carbocycles. The van der Waals surface area contributed by atoms with Crippen molar-refractivity contribution in [3.05, 3.63) is 48.7 Å². The van der Waals surface area contributed by atoms with E-state index in [1.54, 1.807) is 31.3 Å². The fraction of sp³-hybridized carbons (Fsp3) is 0.350. The summed E-state index contributed by atoms with van der Waals surface area (Å²) in [5, 5.41) is 5.18. The number of hydrogen-bond acceptors (Lipinski definition) is 4. The third-order valence-corrected chi connectivity index (χ3v) is 7.45. The highest BCUT2D eigenvalue weighted by Crippen LogP contribution is 2.31. The number of aromatic nitrogens is 3. The molecule has 28 heavy (non-hydrogen) atoms. The zero-order chi connectivity index (χ0) is 19.7. The summed E-state index contributed by atoms with van der Waals surface area (Å²) < 4.78 is 32.7. The van der Waals surface area contributed by atoms with Gasteiger partial charge in [-0.05, 0) is 37.0 Å². The lowest BCUT2D eigenvalue weighted by molar-refractivity contribution is -0.117. The Bertz CT molecular complexity index is 1160. The summed E-state index contributed by atoms with van der Waals surface area (Å²) in [5.41, 5.74) is 1.18. The van der Waals surface area contributed by atoms with E-state index in [-0.39, 0.29) is 12.3 Å². The number of halogens is 1. The third-order valence-electron chi connectivity index (χ3n) is 5.04. The molecule has 1 aromatic carbocycles. The first kappa shape index (κ1) is 18.7. The molecule has 2 aromatic heterocycles. The standard InChI is InChI=1S/C20H21FN4O2S/c1-2-20(26)24-28(27,13-14-4-3-5-14)18-6-7-19-15(8-18)12-25(23-19)17-9-16(21)10-22-11-17/h6-12,14H,2-5,13H2,1H3. The molecular formula is C20H21FN4O2S. The predicted molar refractivity (Wildman–Crippen MR) is 105 cm³/mol. The quantitative estimate of drug-likeness (QED) is 0.645. The molecule has 0 bridgehead atoms. The van der Waals surface area contributed by atoms with Crippen molar-refractivity contribution in [3.8, 4) is 5.69 Å². The molecule has 1 aliphatic carbocycles. The molecule has 6 nitrogen and oxygen atoms in total. The van der Waals surface area contributed by atoms with E-state index in [2.05, 4.69) is 14.4 Å². The van der Waals surface area contributed by atoms with Gasteiger partial charge in [-0.2, -0.15) is 9.46 Å². The summed E-state index contributed by atoms with van der Waals surface area (Å²) in [6.07, 6.45) is 7.81. The summed E-state index contributed by atoms with van der Waals surface area (Å²) >= 11 is 0. The number of hydrogen-bond donors (Lipinski definition) is 0. The molecule has 1 atom stereocenters. The lowest BCUT2D eigenvalue weighted by atomic mass is 9.87. The molecule has 0 radical (unpaired) electrons. The van der Waals surface area contributed by atoms with Gasteiger partial charge in [-0.1, -0.05) is 13.3 Å². The van der Waals surface area contributed by atoms with Gasteiger partial charge in [-0.15, -0.1) is 0 Å². The van der Waals surface area contributed by atoms with Gasteiger partial charge in [0.2, 0.25) is 0 Å². The molecule has 3 aromatic rings. The minimum Gasteiger partial charge on any atom is -0.272 e. The van der Waals surface area contributed by atoms with Gasteiger partial charge >= 0.3 is 0 Å². The normalized spacial score (nSPS) is 16.5. The zero-order valence-corrected chi connectivity index (χ0v) is 16.4. The second-order valence-electron chi connectivity index (χ2n) is 7.10. The van der Waals surface area contributed by atoms with Crippen molar-refractivity contribution in [2.24, 2.45) is 10.3 Å². The number of amides is 1. The topological polar surface area (TPSA) is 77.2 Å². The van der Waals surface area contributed by atoms with Crippen LogP contribution in [0, 0.1) is 11.7 Å². The maximum Gasteiger partial charge on any atom is 0.253 e. The van der Waals surface area contributed by atoms with E-state index >= 15 is 0 Å². The van der Waals surface area contributed by atoms with E-state index in [1.165, 1.54) is 16.9 Å². The molecule has 1 unspecified atom stereocenters. The van der Waals surface area contributed by atoms with Gasteiger partial charge in [0.25, 0.3) is 5.91 Å². The highest BCUT2D eigenvalue weighted by Gasteiger charge is 2.26. The Morgan fingerprint density at radius 3 is 2.82 bits per heavy atom. The SMILES string of the molecule is CCC(=O)N=S(=O)(CC1CCC1)c1ccc2nn(-c3cncc(F)c3)cc2c1. The highest BCUT2D eigenvalue weighted by atomic mass is 32.2. The Hall–Kier alpha value is -2.61. The average molecular weight is 400 g/mol. The van der Waals surface area contributed by atoms with Gasteiger partial charge in [0, 0.05) is 34.7 Å². The van der Waals surface area contributed by atoms with Crippen molar-refractivity contribution in [3.63, 3.8) is 0 Å². The van der Waals surface area contributed by atoms with Gasteiger partial charge in [0.05, 0.1) is 33.3 Å². The number of carbonyl (C=O) groups is 1. The van der Waals surface area contributed by atoms with E-state index in [4.69, 9.17) is 0 Å². The van der Waals surface area contributed by atoms with Crippen molar-refractivity contribution < 1.29 is 13.4 Å². The van der Waals surface area contributed by atoms with Crippen LogP contribution in [0.3, 0.4) is 0 Å². The van der Waals surface area contributed by atoms with Crippen LogP contribution >= 0.6 is 0 Å². The maximum absolute atomic E-state index is 13.7. The van der Waals surface area contributed by atoms with Gasteiger partial charge in [-0.3, -0.25) is 9.78 Å². The van der Waals surface area contributed by atoms with Crippen molar-refractivity contribution in [2.45, 2.75) is 37.5 Å². The summed E-state index contributed by atoms with van der Waals surface area (Å²) in [7, 11) is -2.83. The van der Waals surface area contributed by atoms with Gasteiger partial charge < -0.3 is 0 Å². The number of rotatable bonds is 5. The zero-order valence-electron chi connectivity index (χ0n) is 15.5. The highest BCUT2D eigenvalue weighted by molar-refractivity contribution is 7.94. The maximum atomic E-state index is 13.7. The fourth-order valence-electron chi connectivity index (χ4n) is 3.25. The van der Waals surface area contributed by atoms with Crippen LogP contribution in [-0.2, 0) is 14.5 Å². The van der Waals surface area contributed by atoms with E-state index in [0.717, 1.165) is 30.8 Å². The largest absolute Gasteiger partial charge is 0.272 e. The molecule has 0 saturated heterocycles. The molecule has 1 fully saturated rings. The Kier molecular flexibility index (Phi) is 4.97. The summed E-state index contributed by atoms with van der Waals surface area (Å²) in [5.74, 6) is -0.0339. The Morgan fingerprint density at radius 2 is 2.14 bits per heavy atom. The molecule has 0 aliphatic heterocycles. The van der Waals surface area contributed by atoms with Crippen LogP contribution in [0.5, 0.6) is 0 Å². The molecule has 4 rings (SSSR count). The van der Waals surface area contributed by atoms with Crippen molar-refractivity contribution >= 4 is 26.5 Å². The van der Waals surface area contributed by atoms with Crippen LogP contribution in [0.2, 0.25) is 0 Å². The Labute approximate surface area is 163 Å². The summed E-state index contributed by atoms with van der Waals surface area (Å²) in [4.78, 5) is 16.4. The van der Waals surface area contributed by atoms with Crippen molar-refractivity contribution in [1.82, 2.24) is 14.8 Å². The van der Waals surface area contributed by atoms with Crippen LogP contribution in [-0.4, -0.2) is 30.6 Å². The van der Waals surface area contributed by atoms with Crippen LogP contribution in [0.25, 0.3) is 16.6 Å². The number of nitrogens with zero attached hydrogens (tertiary/aromatic N) is 4. The van der Waals surface area contributed by atoms with Gasteiger partial charge in [0.1, 0.15) is 5.82 Å². The molecule has 2 heterocycles. The molecule has 1 amide bonds.